The van der Waals surface area contributed by atoms with Crippen molar-refractivity contribution in [3.05, 3.63) is 126 Å². The van der Waals surface area contributed by atoms with E-state index < -0.39 is 6.29 Å². The molecule has 1 aromatic heterocycles. The van der Waals surface area contributed by atoms with Crippen molar-refractivity contribution in [1.82, 2.24) is 10.5 Å². The van der Waals surface area contributed by atoms with Gasteiger partial charge in [-0.3, -0.25) is 0 Å². The van der Waals surface area contributed by atoms with Crippen molar-refractivity contribution >= 4 is 17.4 Å². The van der Waals surface area contributed by atoms with E-state index >= 15 is 0 Å². The van der Waals surface area contributed by atoms with E-state index in [9.17, 15) is 5.11 Å². The standard InChI is InChI=1S/C43H47N3O7S/c47-26-28-17-19-32(20-18-28)42-49-34(27-54-43-45-38(30-11-5-3-6-12-30)39(53-43)31-13-7-4-8-14-31)25-37(52-42)29-21-23-33(24-22-29)44-40-35(50-40)15-9-1-2-10-16-36-41(46-48)51-36/h3-8,11-14,17-24,34-37,40-42,44,46-48H,1-2,9-10,15-16,25-27H2/t34-,35?,36?,37?,40?,41?,42+/m0/s1. The Hall–Kier alpha value is -4.04. The molecule has 3 aliphatic rings. The summed E-state index contributed by atoms with van der Waals surface area (Å²) in [6, 6.07) is 36.4. The van der Waals surface area contributed by atoms with Crippen LogP contribution in [0.15, 0.2) is 119 Å². The second kappa shape index (κ2) is 17.6. The first-order valence-electron chi connectivity index (χ1n) is 19.0. The van der Waals surface area contributed by atoms with Crippen LogP contribution in [0.2, 0.25) is 0 Å². The first-order chi connectivity index (χ1) is 26.6. The van der Waals surface area contributed by atoms with E-state index in [1.807, 2.05) is 72.8 Å². The predicted octanol–water partition coefficient (Wildman–Crippen LogP) is 9.02. The van der Waals surface area contributed by atoms with Crippen molar-refractivity contribution in [3.63, 3.8) is 0 Å². The third kappa shape index (κ3) is 9.42. The minimum absolute atomic E-state index is 0.0183. The van der Waals surface area contributed by atoms with Gasteiger partial charge in [-0.2, -0.15) is 5.48 Å². The number of aliphatic hydroxyl groups is 1. The summed E-state index contributed by atoms with van der Waals surface area (Å²) >= 11 is 1.55. The second-order valence-corrected chi connectivity index (χ2v) is 15.1. The van der Waals surface area contributed by atoms with Crippen LogP contribution in [-0.2, 0) is 25.6 Å². The Morgan fingerprint density at radius 2 is 1.33 bits per heavy atom. The maximum absolute atomic E-state index is 9.60. The number of anilines is 1. The van der Waals surface area contributed by atoms with E-state index in [2.05, 4.69) is 47.2 Å². The monoisotopic (exact) mass is 749 g/mol. The number of oxazole rings is 1. The molecule has 4 heterocycles. The molecule has 0 bridgehead atoms. The highest BCUT2D eigenvalue weighted by Crippen LogP contribution is 2.41. The maximum Gasteiger partial charge on any atom is 0.256 e. The van der Waals surface area contributed by atoms with Crippen LogP contribution in [-0.4, -0.2) is 51.8 Å². The van der Waals surface area contributed by atoms with E-state index in [0.717, 1.165) is 77.1 Å². The molecular weight excluding hydrogens is 703 g/mol. The number of nitrogens with zero attached hydrogens (tertiary/aromatic N) is 1. The number of thioether (sulfide) groups is 1. The Morgan fingerprint density at radius 3 is 2.00 bits per heavy atom. The van der Waals surface area contributed by atoms with Crippen molar-refractivity contribution in [2.75, 3.05) is 11.1 Å². The van der Waals surface area contributed by atoms with Crippen LogP contribution in [0.25, 0.3) is 22.6 Å². The van der Waals surface area contributed by atoms with Gasteiger partial charge in [0.2, 0.25) is 0 Å². The zero-order chi connectivity index (χ0) is 36.7. The Labute approximate surface area is 320 Å². The largest absolute Gasteiger partial charge is 0.431 e. The molecule has 0 amide bonds. The summed E-state index contributed by atoms with van der Waals surface area (Å²) in [6.45, 7) is -0.0183. The van der Waals surface area contributed by atoms with Gasteiger partial charge in [0.15, 0.2) is 24.5 Å². The molecule has 282 valence electrons. The first kappa shape index (κ1) is 36.9. The van der Waals surface area contributed by atoms with Gasteiger partial charge >= 0.3 is 0 Å². The van der Waals surface area contributed by atoms with Gasteiger partial charge in [-0.1, -0.05) is 135 Å². The predicted molar refractivity (Wildman–Crippen MR) is 207 cm³/mol. The van der Waals surface area contributed by atoms with Crippen molar-refractivity contribution in [2.24, 2.45) is 0 Å². The van der Waals surface area contributed by atoms with E-state index in [-0.39, 0.29) is 43.5 Å². The Bertz CT molecular complexity index is 1850. The molecule has 11 heteroatoms. The van der Waals surface area contributed by atoms with Crippen molar-refractivity contribution in [2.45, 2.75) is 99.9 Å². The molecule has 0 saturated carbocycles. The highest BCUT2D eigenvalue weighted by Gasteiger charge is 2.39. The molecule has 3 saturated heterocycles. The number of epoxide rings is 2. The summed E-state index contributed by atoms with van der Waals surface area (Å²) < 4.78 is 30.8. The maximum atomic E-state index is 9.60. The molecule has 3 aliphatic heterocycles. The number of hydrogen-bond acceptors (Lipinski definition) is 11. The molecule has 5 unspecified atom stereocenters. The molecule has 0 radical (unpaired) electrons. The van der Waals surface area contributed by atoms with Crippen LogP contribution >= 0.6 is 11.8 Å². The van der Waals surface area contributed by atoms with Gasteiger partial charge in [-0.25, -0.2) is 4.98 Å². The van der Waals surface area contributed by atoms with Gasteiger partial charge in [0, 0.05) is 34.6 Å². The average molecular weight is 750 g/mol. The smallest absolute Gasteiger partial charge is 0.256 e. The molecule has 0 spiro atoms. The van der Waals surface area contributed by atoms with Crippen molar-refractivity contribution in [3.8, 4) is 22.6 Å². The van der Waals surface area contributed by atoms with E-state index in [4.69, 9.17) is 33.6 Å². The van der Waals surface area contributed by atoms with Crippen molar-refractivity contribution < 1.29 is 33.7 Å². The summed E-state index contributed by atoms with van der Waals surface area (Å²) in [4.78, 5) is 4.95. The lowest BCUT2D eigenvalue weighted by molar-refractivity contribution is -0.245. The Morgan fingerprint density at radius 1 is 0.685 bits per heavy atom. The van der Waals surface area contributed by atoms with Crippen LogP contribution in [0.1, 0.15) is 74.0 Å². The lowest BCUT2D eigenvalue weighted by Crippen LogP contribution is -2.31. The number of unbranched alkanes of at least 4 members (excludes halogenated alkanes) is 3. The number of ether oxygens (including phenoxy) is 4. The topological polar surface area (TPSA) is 134 Å². The minimum Gasteiger partial charge on any atom is -0.431 e. The van der Waals surface area contributed by atoms with Crippen LogP contribution in [0.3, 0.4) is 0 Å². The Balaban J connectivity index is 0.891. The molecule has 7 atom stereocenters. The number of hydroxylamine groups is 1. The average Bonchev–Trinajstić information content (AvgIpc) is 4.13. The van der Waals surface area contributed by atoms with Crippen LogP contribution in [0.4, 0.5) is 5.69 Å². The fraction of sp³-hybridized carbons (Fsp3) is 0.372. The van der Waals surface area contributed by atoms with Gasteiger partial charge < -0.3 is 39.0 Å². The van der Waals surface area contributed by atoms with E-state index in [0.29, 0.717) is 17.4 Å². The Kier molecular flexibility index (Phi) is 12.0. The number of nitrogens with one attached hydrogen (secondary N) is 2. The third-order valence-electron chi connectivity index (χ3n) is 10.2. The van der Waals surface area contributed by atoms with Gasteiger partial charge in [0.25, 0.3) is 5.22 Å². The number of benzene rings is 4. The van der Waals surface area contributed by atoms with Crippen LogP contribution < -0.4 is 10.8 Å². The molecule has 10 nitrogen and oxygen atoms in total. The zero-order valence-corrected chi connectivity index (χ0v) is 30.9. The van der Waals surface area contributed by atoms with Crippen LogP contribution in [0.5, 0.6) is 0 Å². The summed E-state index contributed by atoms with van der Waals surface area (Å²) in [5, 5.41) is 22.6. The highest BCUT2D eigenvalue weighted by molar-refractivity contribution is 7.99. The quantitative estimate of drug-likeness (QED) is 0.0296. The summed E-state index contributed by atoms with van der Waals surface area (Å²) in [5.41, 5.74) is 8.82. The van der Waals surface area contributed by atoms with E-state index in [1.54, 1.807) is 11.8 Å². The fourth-order valence-electron chi connectivity index (χ4n) is 7.04. The first-order valence-corrected chi connectivity index (χ1v) is 19.9. The SMILES string of the molecule is OCc1ccc([C@H]2OC(c3ccc(NC4OC4CCCCCCC4OC4NO)cc3)C[C@@H](CSc3nc(-c4ccccc4)c(-c4ccccc4)o3)O2)cc1. The molecule has 54 heavy (non-hydrogen) atoms. The molecule has 0 aliphatic carbocycles. The number of aliphatic hydroxyl groups excluding tert-OH is 1. The van der Waals surface area contributed by atoms with Crippen LogP contribution in [0, 0.1) is 0 Å². The van der Waals surface area contributed by atoms with Gasteiger partial charge in [0.05, 0.1) is 18.8 Å². The molecule has 5 aromatic rings. The molecule has 8 rings (SSSR count). The van der Waals surface area contributed by atoms with Gasteiger partial charge in [0.1, 0.15) is 17.9 Å². The number of hydrogen-bond donors (Lipinski definition) is 4. The number of aromatic nitrogens is 1. The molecule has 4 N–H and O–H groups in total. The normalized spacial score (nSPS) is 24.7. The molecule has 3 fully saturated rings. The van der Waals surface area contributed by atoms with Gasteiger partial charge in [-0.15, -0.1) is 0 Å². The summed E-state index contributed by atoms with van der Waals surface area (Å²) in [7, 11) is 0. The van der Waals surface area contributed by atoms with Gasteiger partial charge in [-0.05, 0) is 36.1 Å². The molecule has 4 aromatic carbocycles. The fourth-order valence-corrected chi connectivity index (χ4v) is 7.88. The summed E-state index contributed by atoms with van der Waals surface area (Å²) in [5.74, 6) is 1.38. The van der Waals surface area contributed by atoms with Crippen molar-refractivity contribution in [1.29, 1.82) is 0 Å². The molecular formula is C43H47N3O7S. The highest BCUT2D eigenvalue weighted by atomic mass is 32.2. The lowest BCUT2D eigenvalue weighted by Gasteiger charge is -2.36. The minimum atomic E-state index is -0.568. The summed E-state index contributed by atoms with van der Waals surface area (Å²) in [6.07, 6.45) is 6.67. The zero-order valence-electron chi connectivity index (χ0n) is 30.1. The third-order valence-corrected chi connectivity index (χ3v) is 11.2. The second-order valence-electron chi connectivity index (χ2n) is 14.1. The van der Waals surface area contributed by atoms with E-state index in [1.165, 1.54) is 6.42 Å². The number of rotatable bonds is 18. The lowest BCUT2D eigenvalue weighted by atomic mass is 10.0.